The molecule has 1 atom stereocenters. The quantitative estimate of drug-likeness (QED) is 0.647. The Kier molecular flexibility index (Phi) is 6.28. The number of carbonyl (C=O) groups excluding carboxylic acids is 3. The molecule has 9 nitrogen and oxygen atoms in total. The Hall–Kier alpha value is -3.62. The van der Waals surface area contributed by atoms with Crippen molar-refractivity contribution in [3.8, 4) is 11.5 Å². The minimum atomic E-state index is -0.892. The van der Waals surface area contributed by atoms with Crippen LogP contribution in [0.1, 0.15) is 17.5 Å². The van der Waals surface area contributed by atoms with Gasteiger partial charge in [-0.1, -0.05) is 12.1 Å². The van der Waals surface area contributed by atoms with Crippen LogP contribution in [0.4, 0.5) is 4.79 Å². The van der Waals surface area contributed by atoms with Gasteiger partial charge >= 0.3 is 6.03 Å². The maximum Gasteiger partial charge on any atom is 0.325 e. The minimum Gasteiger partial charge on any atom is -0.493 e. The normalized spacial score (nSPS) is 15.8. The van der Waals surface area contributed by atoms with E-state index in [9.17, 15) is 14.4 Å². The molecule has 1 aromatic heterocycles. The summed E-state index contributed by atoms with van der Waals surface area (Å²) in [7, 11) is 3.04. The molecule has 0 unspecified atom stereocenters. The van der Waals surface area contributed by atoms with E-state index in [1.54, 1.807) is 36.7 Å². The SMILES string of the molecule is COc1ccc(CN2C(=O)N[C@@H](CC(=O)NCc3cccnc3)C2=O)cc1OC. The van der Waals surface area contributed by atoms with Gasteiger partial charge in [0.2, 0.25) is 5.91 Å². The van der Waals surface area contributed by atoms with Gasteiger partial charge in [0.15, 0.2) is 11.5 Å². The molecule has 0 spiro atoms. The van der Waals surface area contributed by atoms with E-state index >= 15 is 0 Å². The number of methoxy groups -OCH3 is 2. The molecule has 2 aromatic rings. The monoisotopic (exact) mass is 398 g/mol. The number of benzene rings is 1. The first-order chi connectivity index (χ1) is 14.0. The van der Waals surface area contributed by atoms with E-state index in [0.717, 1.165) is 10.5 Å². The molecular formula is C20H22N4O5. The first-order valence-corrected chi connectivity index (χ1v) is 9.00. The van der Waals surface area contributed by atoms with Crippen LogP contribution in [0.25, 0.3) is 0 Å². The lowest BCUT2D eigenvalue weighted by atomic mass is 10.1. The van der Waals surface area contributed by atoms with Gasteiger partial charge in [0, 0.05) is 18.9 Å². The third-order valence-electron chi connectivity index (χ3n) is 4.50. The first-order valence-electron chi connectivity index (χ1n) is 9.00. The molecule has 3 rings (SSSR count). The second kappa shape index (κ2) is 9.05. The van der Waals surface area contributed by atoms with E-state index in [-0.39, 0.29) is 18.9 Å². The molecule has 2 heterocycles. The number of pyridine rings is 1. The fourth-order valence-electron chi connectivity index (χ4n) is 2.99. The van der Waals surface area contributed by atoms with Gasteiger partial charge in [0.25, 0.3) is 5.91 Å². The van der Waals surface area contributed by atoms with Gasteiger partial charge in [0.05, 0.1) is 27.2 Å². The summed E-state index contributed by atoms with van der Waals surface area (Å²) in [6.07, 6.45) is 3.16. The maximum atomic E-state index is 12.6. The summed E-state index contributed by atoms with van der Waals surface area (Å²) in [5.41, 5.74) is 1.55. The van der Waals surface area contributed by atoms with Crippen LogP contribution in [0.3, 0.4) is 0 Å². The zero-order chi connectivity index (χ0) is 20.8. The predicted molar refractivity (Wildman–Crippen MR) is 103 cm³/mol. The zero-order valence-electron chi connectivity index (χ0n) is 16.2. The molecule has 1 aliphatic rings. The summed E-state index contributed by atoms with van der Waals surface area (Å²) in [6.45, 7) is 0.371. The van der Waals surface area contributed by atoms with Crippen molar-refractivity contribution in [3.05, 3.63) is 53.9 Å². The van der Waals surface area contributed by atoms with E-state index in [0.29, 0.717) is 23.6 Å². The van der Waals surface area contributed by atoms with Gasteiger partial charge in [-0.15, -0.1) is 0 Å². The van der Waals surface area contributed by atoms with E-state index < -0.39 is 18.0 Å². The van der Waals surface area contributed by atoms with Gasteiger partial charge in [0.1, 0.15) is 6.04 Å². The van der Waals surface area contributed by atoms with Gasteiger partial charge in [-0.05, 0) is 29.3 Å². The average Bonchev–Trinajstić information content (AvgIpc) is 3.00. The van der Waals surface area contributed by atoms with Crippen LogP contribution < -0.4 is 20.1 Å². The summed E-state index contributed by atoms with van der Waals surface area (Å²) < 4.78 is 10.4. The fraction of sp³-hybridized carbons (Fsp3) is 0.300. The van der Waals surface area contributed by atoms with Gasteiger partial charge in [-0.2, -0.15) is 0 Å². The van der Waals surface area contributed by atoms with Crippen LogP contribution in [-0.4, -0.2) is 48.0 Å². The molecule has 152 valence electrons. The molecule has 0 radical (unpaired) electrons. The van der Waals surface area contributed by atoms with E-state index in [1.807, 2.05) is 6.07 Å². The fourth-order valence-corrected chi connectivity index (χ4v) is 2.99. The molecule has 1 fully saturated rings. The highest BCUT2D eigenvalue weighted by molar-refractivity contribution is 6.05. The van der Waals surface area contributed by atoms with Crippen molar-refractivity contribution in [2.45, 2.75) is 25.6 Å². The lowest BCUT2D eigenvalue weighted by Crippen LogP contribution is -2.36. The van der Waals surface area contributed by atoms with Crippen LogP contribution >= 0.6 is 0 Å². The van der Waals surface area contributed by atoms with Crippen LogP contribution in [-0.2, 0) is 22.7 Å². The highest BCUT2D eigenvalue weighted by Gasteiger charge is 2.39. The van der Waals surface area contributed by atoms with Gasteiger partial charge < -0.3 is 20.1 Å². The number of ether oxygens (including phenoxy) is 2. The Balaban J connectivity index is 1.58. The van der Waals surface area contributed by atoms with E-state index in [4.69, 9.17) is 9.47 Å². The maximum absolute atomic E-state index is 12.6. The summed E-state index contributed by atoms with van der Waals surface area (Å²) in [4.78, 5) is 42.1. The largest absolute Gasteiger partial charge is 0.493 e. The van der Waals surface area contributed by atoms with Crippen LogP contribution in [0.5, 0.6) is 11.5 Å². The lowest BCUT2D eigenvalue weighted by Gasteiger charge is -2.15. The zero-order valence-corrected chi connectivity index (χ0v) is 16.2. The topological polar surface area (TPSA) is 110 Å². The van der Waals surface area contributed by atoms with Crippen molar-refractivity contribution in [2.75, 3.05) is 14.2 Å². The van der Waals surface area contributed by atoms with Crippen LogP contribution in [0.15, 0.2) is 42.7 Å². The molecule has 0 bridgehead atoms. The average molecular weight is 398 g/mol. The number of rotatable bonds is 8. The molecule has 2 N–H and O–H groups in total. The molecule has 0 aliphatic carbocycles. The van der Waals surface area contributed by atoms with Crippen molar-refractivity contribution in [1.29, 1.82) is 0 Å². The van der Waals surface area contributed by atoms with E-state index in [2.05, 4.69) is 15.6 Å². The second-order valence-corrected chi connectivity index (χ2v) is 6.46. The number of carbonyl (C=O) groups is 3. The summed E-state index contributed by atoms with van der Waals surface area (Å²) in [6, 6.07) is 7.33. The molecule has 1 aliphatic heterocycles. The molecular weight excluding hydrogens is 376 g/mol. The smallest absolute Gasteiger partial charge is 0.325 e. The third kappa shape index (κ3) is 4.81. The highest BCUT2D eigenvalue weighted by atomic mass is 16.5. The van der Waals surface area contributed by atoms with Crippen molar-refractivity contribution in [2.24, 2.45) is 0 Å². The second-order valence-electron chi connectivity index (χ2n) is 6.46. The number of nitrogens with zero attached hydrogens (tertiary/aromatic N) is 2. The number of amides is 4. The number of hydrogen-bond acceptors (Lipinski definition) is 6. The Morgan fingerprint density at radius 1 is 1.17 bits per heavy atom. The summed E-state index contributed by atoms with van der Waals surface area (Å²) in [5.74, 6) is 0.279. The van der Waals surface area contributed by atoms with Crippen LogP contribution in [0.2, 0.25) is 0 Å². The Morgan fingerprint density at radius 3 is 2.66 bits per heavy atom. The molecule has 9 heteroatoms. The minimum absolute atomic E-state index is 0.0683. The number of urea groups is 1. The molecule has 29 heavy (non-hydrogen) atoms. The van der Waals surface area contributed by atoms with Gasteiger partial charge in [-0.25, -0.2) is 4.79 Å². The Morgan fingerprint density at radius 2 is 1.97 bits per heavy atom. The van der Waals surface area contributed by atoms with E-state index in [1.165, 1.54) is 14.2 Å². The molecule has 1 aromatic carbocycles. The summed E-state index contributed by atoms with van der Waals surface area (Å²) >= 11 is 0. The van der Waals surface area contributed by atoms with Crippen LogP contribution in [0, 0.1) is 0 Å². The molecule has 4 amide bonds. The lowest BCUT2D eigenvalue weighted by molar-refractivity contribution is -0.131. The summed E-state index contributed by atoms with van der Waals surface area (Å²) in [5, 5.41) is 5.28. The molecule has 0 saturated carbocycles. The van der Waals surface area contributed by atoms with Crippen molar-refractivity contribution in [3.63, 3.8) is 0 Å². The van der Waals surface area contributed by atoms with Gasteiger partial charge in [-0.3, -0.25) is 19.5 Å². The Bertz CT molecular complexity index is 903. The molecule has 1 saturated heterocycles. The number of imide groups is 1. The standard InChI is InChI=1S/C20H22N4O5/c1-28-16-6-5-13(8-17(16)29-2)12-24-19(26)15(23-20(24)27)9-18(25)22-11-14-4-3-7-21-10-14/h3-8,10,15H,9,11-12H2,1-2H3,(H,22,25)(H,23,27)/t15-/m0/s1. The number of hydrogen-bond donors (Lipinski definition) is 2. The Labute approximate surface area is 168 Å². The van der Waals surface area contributed by atoms with Crippen molar-refractivity contribution in [1.82, 2.24) is 20.5 Å². The number of aromatic nitrogens is 1. The first kappa shape index (κ1) is 20.1. The van der Waals surface area contributed by atoms with Crippen molar-refractivity contribution >= 4 is 17.8 Å². The third-order valence-corrected chi connectivity index (χ3v) is 4.50. The highest BCUT2D eigenvalue weighted by Crippen LogP contribution is 2.28. The number of nitrogens with one attached hydrogen (secondary N) is 2. The van der Waals surface area contributed by atoms with Crippen molar-refractivity contribution < 1.29 is 23.9 Å². The predicted octanol–water partition coefficient (Wildman–Crippen LogP) is 1.23.